The Hall–Kier alpha value is -0.150. The van der Waals surface area contributed by atoms with Gasteiger partial charge in [-0.2, -0.15) is 0 Å². The molecular weight excluding hydrogens is 407 g/mol. The van der Waals surface area contributed by atoms with E-state index < -0.39 is 6.04 Å². The second kappa shape index (κ2) is 13.1. The van der Waals surface area contributed by atoms with Crippen molar-refractivity contribution in [1.82, 2.24) is 14.8 Å². The molecule has 1 aliphatic heterocycles. The van der Waals surface area contributed by atoms with E-state index in [1.165, 1.54) is 0 Å². The summed E-state index contributed by atoms with van der Waals surface area (Å²) in [6, 6.07) is -0.410. The lowest BCUT2D eigenvalue weighted by Gasteiger charge is -2.35. The topological polar surface area (TPSA) is 71.7 Å². The Kier molecular flexibility index (Phi) is 14.2. The highest BCUT2D eigenvalue weighted by Gasteiger charge is 2.23. The van der Waals surface area contributed by atoms with Gasteiger partial charge in [0.25, 0.3) is 0 Å². The molecule has 1 aliphatic rings. The minimum Gasteiger partial charge on any atom is -0.372 e. The molecule has 25 heavy (non-hydrogen) atoms. The van der Waals surface area contributed by atoms with Gasteiger partial charge in [0, 0.05) is 44.7 Å². The molecule has 0 spiro atoms. The highest BCUT2D eigenvalue weighted by molar-refractivity contribution is 7.09. The zero-order valence-corrected chi connectivity index (χ0v) is 18.1. The number of ether oxygens (including phenoxy) is 1. The number of nitrogens with two attached hydrogens (primary N) is 1. The summed E-state index contributed by atoms with van der Waals surface area (Å²) >= 11 is 1.65. The molecule has 0 saturated carbocycles. The van der Waals surface area contributed by atoms with Crippen molar-refractivity contribution in [2.75, 3.05) is 32.8 Å². The Balaban J connectivity index is 0. The second-order valence-electron chi connectivity index (χ2n) is 5.66. The summed E-state index contributed by atoms with van der Waals surface area (Å²) in [6.45, 7) is 10.5. The van der Waals surface area contributed by atoms with Crippen molar-refractivity contribution in [3.63, 3.8) is 0 Å². The molecule has 1 unspecified atom stereocenters. The van der Waals surface area contributed by atoms with Crippen molar-refractivity contribution in [2.45, 2.75) is 39.5 Å². The first-order valence-electron chi connectivity index (χ1n) is 7.84. The van der Waals surface area contributed by atoms with Gasteiger partial charge in [0.1, 0.15) is 11.1 Å². The van der Waals surface area contributed by atoms with E-state index in [0.29, 0.717) is 6.61 Å². The number of rotatable bonds is 6. The van der Waals surface area contributed by atoms with Crippen LogP contribution in [0.1, 0.15) is 37.6 Å². The maximum atomic E-state index is 11.9. The molecule has 148 valence electrons. The molecule has 2 rings (SSSR count). The lowest BCUT2D eigenvalue weighted by Crippen LogP contribution is -2.52. The van der Waals surface area contributed by atoms with Crippen molar-refractivity contribution >= 4 is 54.5 Å². The fraction of sp³-hybridized carbons (Fsp3) is 0.733. The summed E-state index contributed by atoms with van der Waals surface area (Å²) < 4.78 is 5.57. The van der Waals surface area contributed by atoms with E-state index in [9.17, 15) is 4.79 Å². The first-order chi connectivity index (χ1) is 10.5. The molecular formula is C15H29Cl3N4O2S. The number of hydrogen-bond acceptors (Lipinski definition) is 6. The SMILES string of the molecule is CCOC(C)c1nc(CN2CCN(C(=O)[C@@H](C)N)CC2)cs1.Cl.Cl.Cl. The molecule has 0 aromatic carbocycles. The van der Waals surface area contributed by atoms with Gasteiger partial charge in [-0.1, -0.05) is 0 Å². The van der Waals surface area contributed by atoms with Crippen LogP contribution in [0.4, 0.5) is 0 Å². The van der Waals surface area contributed by atoms with Crippen molar-refractivity contribution in [3.8, 4) is 0 Å². The molecule has 1 amide bonds. The third-order valence-corrected chi connectivity index (χ3v) is 4.85. The first kappa shape index (κ1) is 27.1. The van der Waals surface area contributed by atoms with Crippen LogP contribution in [0.3, 0.4) is 0 Å². The number of nitrogens with zero attached hydrogens (tertiary/aromatic N) is 3. The number of thiazole rings is 1. The number of amides is 1. The molecule has 0 radical (unpaired) electrons. The van der Waals surface area contributed by atoms with Gasteiger partial charge < -0.3 is 15.4 Å². The van der Waals surface area contributed by atoms with Crippen LogP contribution in [-0.2, 0) is 16.1 Å². The predicted molar refractivity (Wildman–Crippen MR) is 109 cm³/mol. The quantitative estimate of drug-likeness (QED) is 0.743. The summed E-state index contributed by atoms with van der Waals surface area (Å²) in [5, 5.41) is 3.13. The Bertz CT molecular complexity index is 497. The van der Waals surface area contributed by atoms with Gasteiger partial charge in [0.05, 0.1) is 11.7 Å². The Labute approximate surface area is 172 Å². The van der Waals surface area contributed by atoms with Gasteiger partial charge in [0.15, 0.2) is 0 Å². The predicted octanol–water partition coefficient (Wildman–Crippen LogP) is 2.50. The van der Waals surface area contributed by atoms with Crippen molar-refractivity contribution in [1.29, 1.82) is 0 Å². The maximum Gasteiger partial charge on any atom is 0.239 e. The van der Waals surface area contributed by atoms with Crippen molar-refractivity contribution in [2.24, 2.45) is 5.73 Å². The van der Waals surface area contributed by atoms with E-state index >= 15 is 0 Å². The lowest BCUT2D eigenvalue weighted by molar-refractivity contribution is -0.134. The minimum absolute atomic E-state index is 0. The number of piperazine rings is 1. The summed E-state index contributed by atoms with van der Waals surface area (Å²) in [6.07, 6.45) is 0.0595. The van der Waals surface area contributed by atoms with Crippen LogP contribution in [0.5, 0.6) is 0 Å². The number of hydrogen-bond donors (Lipinski definition) is 1. The van der Waals surface area contributed by atoms with Crippen LogP contribution in [0, 0.1) is 0 Å². The molecule has 6 nitrogen and oxygen atoms in total. The van der Waals surface area contributed by atoms with Gasteiger partial charge in [-0.3, -0.25) is 9.69 Å². The van der Waals surface area contributed by atoms with Crippen LogP contribution in [0.15, 0.2) is 5.38 Å². The third-order valence-electron chi connectivity index (χ3n) is 3.79. The normalized spacial score (nSPS) is 16.9. The number of aromatic nitrogens is 1. The molecule has 1 aromatic rings. The lowest BCUT2D eigenvalue weighted by atomic mass is 10.2. The third kappa shape index (κ3) is 7.95. The van der Waals surface area contributed by atoms with Crippen molar-refractivity contribution in [3.05, 3.63) is 16.1 Å². The number of carbonyl (C=O) groups is 1. The molecule has 0 aliphatic carbocycles. The van der Waals surface area contributed by atoms with E-state index in [-0.39, 0.29) is 49.2 Å². The molecule has 2 atom stereocenters. The second-order valence-corrected chi connectivity index (χ2v) is 6.55. The first-order valence-corrected chi connectivity index (χ1v) is 8.71. The maximum absolute atomic E-state index is 11.9. The van der Waals surface area contributed by atoms with Crippen molar-refractivity contribution < 1.29 is 9.53 Å². The van der Waals surface area contributed by atoms with Crippen LogP contribution in [0.25, 0.3) is 0 Å². The highest BCUT2D eigenvalue weighted by Crippen LogP contribution is 2.22. The van der Waals surface area contributed by atoms with Crippen LogP contribution < -0.4 is 5.73 Å². The molecule has 10 heteroatoms. The van der Waals surface area contributed by atoms with Gasteiger partial charge >= 0.3 is 0 Å². The van der Waals surface area contributed by atoms with Crippen LogP contribution >= 0.6 is 48.6 Å². The smallest absolute Gasteiger partial charge is 0.239 e. The van der Waals surface area contributed by atoms with E-state index in [1.807, 2.05) is 18.7 Å². The van der Waals surface area contributed by atoms with Gasteiger partial charge in [0.2, 0.25) is 5.91 Å². The number of halogens is 3. The minimum atomic E-state index is -0.410. The van der Waals surface area contributed by atoms with E-state index in [4.69, 9.17) is 10.5 Å². The standard InChI is InChI=1S/C15H26N4O2S.3ClH/c1-4-21-12(3)14-17-13(10-22-14)9-18-5-7-19(8-6-18)15(20)11(2)16;;;/h10-12H,4-9,16H2,1-3H3;3*1H/t11-,12?;;;/m1.../s1. The highest BCUT2D eigenvalue weighted by atomic mass is 35.5. The summed E-state index contributed by atoms with van der Waals surface area (Å²) in [7, 11) is 0. The van der Waals surface area contributed by atoms with Gasteiger partial charge in [-0.25, -0.2) is 4.98 Å². The average molecular weight is 436 g/mol. The Morgan fingerprint density at radius 2 is 1.88 bits per heavy atom. The zero-order chi connectivity index (χ0) is 16.1. The Morgan fingerprint density at radius 1 is 1.28 bits per heavy atom. The van der Waals surface area contributed by atoms with Crippen LogP contribution in [-0.4, -0.2) is 59.5 Å². The summed E-state index contributed by atoms with van der Waals surface area (Å²) in [4.78, 5) is 20.7. The molecule has 0 bridgehead atoms. The molecule has 2 N–H and O–H groups in total. The van der Waals surface area contributed by atoms with Gasteiger partial charge in [-0.05, 0) is 20.8 Å². The van der Waals surface area contributed by atoms with E-state index in [0.717, 1.165) is 43.4 Å². The molecule has 1 fully saturated rings. The fourth-order valence-corrected chi connectivity index (χ4v) is 3.36. The summed E-state index contributed by atoms with van der Waals surface area (Å²) in [5.41, 5.74) is 6.74. The van der Waals surface area contributed by atoms with Crippen LogP contribution in [0.2, 0.25) is 0 Å². The summed E-state index contributed by atoms with van der Waals surface area (Å²) in [5.74, 6) is 0.0427. The Morgan fingerprint density at radius 3 is 2.40 bits per heavy atom. The van der Waals surface area contributed by atoms with Gasteiger partial charge in [-0.15, -0.1) is 48.6 Å². The van der Waals surface area contributed by atoms with E-state index in [1.54, 1.807) is 18.3 Å². The average Bonchev–Trinajstić information content (AvgIpc) is 2.96. The largest absolute Gasteiger partial charge is 0.372 e. The van der Waals surface area contributed by atoms with E-state index in [2.05, 4.69) is 15.3 Å². The molecule has 1 saturated heterocycles. The fourth-order valence-electron chi connectivity index (χ4n) is 2.55. The zero-order valence-electron chi connectivity index (χ0n) is 14.8. The number of carbonyl (C=O) groups excluding carboxylic acids is 1. The monoisotopic (exact) mass is 434 g/mol. The molecule has 2 heterocycles. The molecule has 1 aromatic heterocycles.